The molecule has 0 atom stereocenters. The van der Waals surface area contributed by atoms with E-state index < -0.39 is 5.97 Å². The Hall–Kier alpha value is -1.10. The minimum absolute atomic E-state index is 0.0351. The molecule has 0 radical (unpaired) electrons. The lowest BCUT2D eigenvalue weighted by Gasteiger charge is -2.26. The lowest BCUT2D eigenvalue weighted by atomic mass is 9.82. The van der Waals surface area contributed by atoms with Crippen molar-refractivity contribution in [1.82, 2.24) is 10.6 Å². The van der Waals surface area contributed by atoms with Gasteiger partial charge in [0.2, 0.25) is 5.91 Å². The van der Waals surface area contributed by atoms with Gasteiger partial charge in [0, 0.05) is 6.54 Å². The van der Waals surface area contributed by atoms with E-state index >= 15 is 0 Å². The van der Waals surface area contributed by atoms with E-state index in [1.54, 1.807) is 0 Å². The molecule has 110 valence electrons. The molecule has 5 nitrogen and oxygen atoms in total. The van der Waals surface area contributed by atoms with E-state index in [9.17, 15) is 9.59 Å². The first-order valence-corrected chi connectivity index (χ1v) is 7.19. The molecule has 1 aliphatic carbocycles. The summed E-state index contributed by atoms with van der Waals surface area (Å²) >= 11 is 0. The Morgan fingerprint density at radius 3 is 2.37 bits per heavy atom. The molecular weight excluding hydrogens is 244 g/mol. The molecule has 0 heterocycles. The largest absolute Gasteiger partial charge is 0.481 e. The Morgan fingerprint density at radius 2 is 1.84 bits per heavy atom. The Labute approximate surface area is 115 Å². The van der Waals surface area contributed by atoms with Crippen LogP contribution in [0.15, 0.2) is 0 Å². The normalized spacial score (nSPS) is 23.3. The summed E-state index contributed by atoms with van der Waals surface area (Å²) < 4.78 is 0. The summed E-state index contributed by atoms with van der Waals surface area (Å²) in [5.41, 5.74) is 0. The van der Waals surface area contributed by atoms with Crippen LogP contribution in [0, 0.1) is 17.8 Å². The first-order chi connectivity index (χ1) is 8.99. The third-order valence-electron chi connectivity index (χ3n) is 3.62. The number of amides is 1. The molecule has 0 unspecified atom stereocenters. The first-order valence-electron chi connectivity index (χ1n) is 7.19. The summed E-state index contributed by atoms with van der Waals surface area (Å²) in [6.07, 6.45) is 3.41. The molecule has 0 bridgehead atoms. The van der Waals surface area contributed by atoms with Gasteiger partial charge in [0.05, 0.1) is 12.5 Å². The second-order valence-corrected chi connectivity index (χ2v) is 5.88. The summed E-state index contributed by atoms with van der Waals surface area (Å²) in [7, 11) is 0. The van der Waals surface area contributed by atoms with Crippen LogP contribution in [0.1, 0.15) is 39.5 Å². The molecule has 1 aliphatic rings. The lowest BCUT2D eigenvalue weighted by molar-refractivity contribution is -0.143. The average Bonchev–Trinajstić information content (AvgIpc) is 2.37. The molecule has 3 N–H and O–H groups in total. The van der Waals surface area contributed by atoms with E-state index in [1.807, 2.05) is 0 Å². The van der Waals surface area contributed by atoms with Crippen LogP contribution in [0.25, 0.3) is 0 Å². The number of nitrogens with one attached hydrogen (secondary N) is 2. The predicted molar refractivity (Wildman–Crippen MR) is 73.8 cm³/mol. The van der Waals surface area contributed by atoms with Crippen LogP contribution in [0.3, 0.4) is 0 Å². The van der Waals surface area contributed by atoms with Gasteiger partial charge in [0.15, 0.2) is 0 Å². The predicted octanol–water partition coefficient (Wildman–Crippen LogP) is 1.24. The summed E-state index contributed by atoms with van der Waals surface area (Å²) in [5, 5.41) is 14.9. The molecule has 1 amide bonds. The minimum atomic E-state index is -0.667. The smallest absolute Gasteiger partial charge is 0.306 e. The number of carboxylic acid groups (broad SMARTS) is 1. The standard InChI is InChI=1S/C14H26N2O3/c1-10(2)7-16-13(17)9-15-8-11-3-5-12(6-4-11)14(18)19/h10-12,15H,3-9H2,1-2H3,(H,16,17)(H,18,19). The van der Waals surface area contributed by atoms with Crippen molar-refractivity contribution in [2.75, 3.05) is 19.6 Å². The van der Waals surface area contributed by atoms with Gasteiger partial charge < -0.3 is 15.7 Å². The first kappa shape index (κ1) is 16.0. The zero-order valence-electron chi connectivity index (χ0n) is 11.9. The summed E-state index contributed by atoms with van der Waals surface area (Å²) in [6.45, 7) is 6.00. The van der Waals surface area contributed by atoms with Gasteiger partial charge >= 0.3 is 5.97 Å². The molecule has 0 aliphatic heterocycles. The highest BCUT2D eigenvalue weighted by Crippen LogP contribution is 2.28. The Kier molecular flexibility index (Phi) is 6.84. The van der Waals surface area contributed by atoms with Crippen molar-refractivity contribution >= 4 is 11.9 Å². The highest BCUT2D eigenvalue weighted by Gasteiger charge is 2.25. The lowest BCUT2D eigenvalue weighted by Crippen LogP contribution is -2.38. The van der Waals surface area contributed by atoms with Gasteiger partial charge in [-0.15, -0.1) is 0 Å². The second-order valence-electron chi connectivity index (χ2n) is 5.88. The van der Waals surface area contributed by atoms with Crippen molar-refractivity contribution in [3.63, 3.8) is 0 Å². The number of aliphatic carboxylic acids is 1. The van der Waals surface area contributed by atoms with Crippen LogP contribution >= 0.6 is 0 Å². The van der Waals surface area contributed by atoms with Gasteiger partial charge in [-0.25, -0.2) is 0 Å². The van der Waals surface area contributed by atoms with E-state index in [0.29, 0.717) is 24.9 Å². The number of hydrogen-bond donors (Lipinski definition) is 3. The van der Waals surface area contributed by atoms with E-state index in [1.165, 1.54) is 0 Å². The van der Waals surface area contributed by atoms with Gasteiger partial charge in [-0.3, -0.25) is 9.59 Å². The second kappa shape index (κ2) is 8.15. The molecule has 0 spiro atoms. The molecule has 1 fully saturated rings. The third-order valence-corrected chi connectivity index (χ3v) is 3.62. The fourth-order valence-corrected chi connectivity index (χ4v) is 2.38. The Balaban J connectivity index is 2.07. The quantitative estimate of drug-likeness (QED) is 0.650. The van der Waals surface area contributed by atoms with Gasteiger partial charge in [-0.1, -0.05) is 13.8 Å². The Bertz CT molecular complexity index is 297. The molecule has 0 aromatic carbocycles. The van der Waals surface area contributed by atoms with E-state index in [2.05, 4.69) is 24.5 Å². The van der Waals surface area contributed by atoms with Crippen molar-refractivity contribution in [2.45, 2.75) is 39.5 Å². The van der Waals surface area contributed by atoms with E-state index in [0.717, 1.165) is 32.2 Å². The van der Waals surface area contributed by atoms with E-state index in [4.69, 9.17) is 5.11 Å². The molecule has 0 aromatic heterocycles. The zero-order valence-corrected chi connectivity index (χ0v) is 11.9. The topological polar surface area (TPSA) is 78.4 Å². The van der Waals surface area contributed by atoms with Gasteiger partial charge in [0.25, 0.3) is 0 Å². The van der Waals surface area contributed by atoms with Crippen LogP contribution in [0.2, 0.25) is 0 Å². The maximum Gasteiger partial charge on any atom is 0.306 e. The monoisotopic (exact) mass is 270 g/mol. The average molecular weight is 270 g/mol. The molecule has 19 heavy (non-hydrogen) atoms. The third kappa shape index (κ3) is 6.57. The van der Waals surface area contributed by atoms with Crippen LogP contribution < -0.4 is 10.6 Å². The number of carboxylic acids is 1. The zero-order chi connectivity index (χ0) is 14.3. The van der Waals surface area contributed by atoms with Crippen molar-refractivity contribution in [1.29, 1.82) is 0 Å². The maximum absolute atomic E-state index is 11.5. The fourth-order valence-electron chi connectivity index (χ4n) is 2.38. The Morgan fingerprint density at radius 1 is 1.21 bits per heavy atom. The van der Waals surface area contributed by atoms with Gasteiger partial charge in [-0.2, -0.15) is 0 Å². The van der Waals surface area contributed by atoms with Crippen molar-refractivity contribution in [2.24, 2.45) is 17.8 Å². The minimum Gasteiger partial charge on any atom is -0.481 e. The summed E-state index contributed by atoms with van der Waals surface area (Å²) in [4.78, 5) is 22.3. The van der Waals surface area contributed by atoms with Crippen LogP contribution in [0.5, 0.6) is 0 Å². The van der Waals surface area contributed by atoms with Crippen LogP contribution in [0.4, 0.5) is 0 Å². The number of hydrogen-bond acceptors (Lipinski definition) is 3. The van der Waals surface area contributed by atoms with Crippen LogP contribution in [-0.2, 0) is 9.59 Å². The highest BCUT2D eigenvalue weighted by molar-refractivity contribution is 5.77. The summed E-state index contributed by atoms with van der Waals surface area (Å²) in [5.74, 6) is 0.182. The van der Waals surface area contributed by atoms with E-state index in [-0.39, 0.29) is 11.8 Å². The summed E-state index contributed by atoms with van der Waals surface area (Å²) in [6, 6.07) is 0. The fraction of sp³-hybridized carbons (Fsp3) is 0.857. The highest BCUT2D eigenvalue weighted by atomic mass is 16.4. The molecule has 5 heteroatoms. The van der Waals surface area contributed by atoms with Gasteiger partial charge in [0.1, 0.15) is 0 Å². The maximum atomic E-state index is 11.5. The van der Waals surface area contributed by atoms with Crippen molar-refractivity contribution in [3.05, 3.63) is 0 Å². The molecule has 0 saturated heterocycles. The van der Waals surface area contributed by atoms with Crippen LogP contribution in [-0.4, -0.2) is 36.6 Å². The van der Waals surface area contributed by atoms with Gasteiger partial charge in [-0.05, 0) is 44.1 Å². The SMILES string of the molecule is CC(C)CNC(=O)CNCC1CCC(C(=O)O)CC1. The number of rotatable bonds is 7. The van der Waals surface area contributed by atoms with Crippen molar-refractivity contribution in [3.8, 4) is 0 Å². The number of carbonyl (C=O) groups is 2. The molecular formula is C14H26N2O3. The molecule has 1 rings (SSSR count). The van der Waals surface area contributed by atoms with Crippen molar-refractivity contribution < 1.29 is 14.7 Å². The molecule has 1 saturated carbocycles. The molecule has 0 aromatic rings. The number of carbonyl (C=O) groups excluding carboxylic acids is 1.